The van der Waals surface area contributed by atoms with Crippen molar-refractivity contribution in [3.63, 3.8) is 0 Å². The fourth-order valence-electron chi connectivity index (χ4n) is 1.85. The number of rotatable bonds is 4. The zero-order valence-electron chi connectivity index (χ0n) is 10.5. The van der Waals surface area contributed by atoms with Crippen LogP contribution in [0.3, 0.4) is 0 Å². The monoisotopic (exact) mass is 312 g/mol. The Morgan fingerprint density at radius 1 is 1.14 bits per heavy atom. The molecule has 1 aromatic carbocycles. The summed E-state index contributed by atoms with van der Waals surface area (Å²) < 4.78 is 76.7. The lowest BCUT2D eigenvalue weighted by atomic mass is 9.93. The summed E-state index contributed by atoms with van der Waals surface area (Å²) in [6.07, 6.45) is -10.3. The third kappa shape index (κ3) is 4.24. The van der Waals surface area contributed by atoms with Crippen LogP contribution < -0.4 is 0 Å². The molecule has 1 aromatic rings. The van der Waals surface area contributed by atoms with Gasteiger partial charge in [0.25, 0.3) is 0 Å². The van der Waals surface area contributed by atoms with E-state index >= 15 is 0 Å². The summed E-state index contributed by atoms with van der Waals surface area (Å²) in [6.45, 7) is 3.23. The van der Waals surface area contributed by atoms with E-state index in [0.29, 0.717) is 6.07 Å². The molecule has 21 heavy (non-hydrogen) atoms. The average molecular weight is 312 g/mol. The van der Waals surface area contributed by atoms with Gasteiger partial charge >= 0.3 is 18.3 Å². The molecule has 2 nitrogen and oxygen atoms in total. The maximum Gasteiger partial charge on any atom is 0.416 e. The third-order valence-corrected chi connectivity index (χ3v) is 2.67. The highest BCUT2D eigenvalue weighted by molar-refractivity contribution is 5.71. The van der Waals surface area contributed by atoms with Crippen molar-refractivity contribution in [2.75, 3.05) is 0 Å². The van der Waals surface area contributed by atoms with Crippen molar-refractivity contribution < 1.29 is 36.2 Å². The molecule has 0 saturated carbocycles. The zero-order valence-corrected chi connectivity index (χ0v) is 10.5. The fraction of sp³-hybridized carbons (Fsp3) is 0.308. The van der Waals surface area contributed by atoms with E-state index in [1.807, 2.05) is 0 Å². The summed E-state index contributed by atoms with van der Waals surface area (Å²) >= 11 is 0. The van der Waals surface area contributed by atoms with Crippen LogP contribution in [0.15, 0.2) is 24.8 Å². The number of hydrogen-bond acceptors (Lipinski definition) is 1. The minimum absolute atomic E-state index is 0.00974. The molecule has 0 aliphatic rings. The fourth-order valence-corrected chi connectivity index (χ4v) is 1.85. The van der Waals surface area contributed by atoms with E-state index in [1.54, 1.807) is 0 Å². The molecule has 1 rings (SSSR count). The average Bonchev–Trinajstić information content (AvgIpc) is 2.27. The van der Waals surface area contributed by atoms with Gasteiger partial charge in [-0.2, -0.15) is 26.3 Å². The first-order valence-corrected chi connectivity index (χ1v) is 5.59. The van der Waals surface area contributed by atoms with Crippen LogP contribution in [-0.4, -0.2) is 11.1 Å². The van der Waals surface area contributed by atoms with E-state index in [1.165, 1.54) is 0 Å². The second-order valence-electron chi connectivity index (χ2n) is 4.22. The van der Waals surface area contributed by atoms with Crippen LogP contribution in [-0.2, 0) is 30.0 Å². The number of alkyl halides is 6. The summed E-state index contributed by atoms with van der Waals surface area (Å²) in [6, 6.07) is 0.423. The minimum atomic E-state index is -5.02. The maximum absolute atomic E-state index is 12.9. The topological polar surface area (TPSA) is 37.3 Å². The van der Waals surface area contributed by atoms with Gasteiger partial charge in [-0.3, -0.25) is 4.79 Å². The van der Waals surface area contributed by atoms with Gasteiger partial charge in [-0.05, 0) is 29.7 Å². The summed E-state index contributed by atoms with van der Waals surface area (Å²) in [5, 5.41) is 8.66. The molecule has 0 bridgehead atoms. The molecule has 8 heteroatoms. The van der Waals surface area contributed by atoms with Crippen molar-refractivity contribution in [1.82, 2.24) is 0 Å². The van der Waals surface area contributed by atoms with Crippen molar-refractivity contribution >= 4 is 5.97 Å². The Labute approximate surface area is 115 Å². The van der Waals surface area contributed by atoms with E-state index < -0.39 is 47.0 Å². The zero-order chi connectivity index (χ0) is 16.4. The molecule has 0 aliphatic heterocycles. The molecular weight excluding hydrogens is 302 g/mol. The summed E-state index contributed by atoms with van der Waals surface area (Å²) in [5.41, 5.74) is -4.05. The molecule has 0 amide bonds. The van der Waals surface area contributed by atoms with Gasteiger partial charge in [0.15, 0.2) is 0 Å². The molecule has 0 aliphatic carbocycles. The second-order valence-corrected chi connectivity index (χ2v) is 4.22. The molecule has 0 spiro atoms. The van der Waals surface area contributed by atoms with Gasteiger partial charge in [0, 0.05) is 0 Å². The van der Waals surface area contributed by atoms with Crippen LogP contribution in [0, 0.1) is 0 Å². The number of allylic oxidation sites excluding steroid dienone is 1. The Morgan fingerprint density at radius 3 is 2.10 bits per heavy atom. The Morgan fingerprint density at radius 2 is 1.71 bits per heavy atom. The lowest BCUT2D eigenvalue weighted by molar-refractivity contribution is -0.144. The molecule has 0 fully saturated rings. The SMILES string of the molecule is C=CCc1c(CC(=O)O)cc(C(F)(F)F)cc1C(F)(F)F. The molecule has 116 valence electrons. The predicted molar refractivity (Wildman–Crippen MR) is 61.7 cm³/mol. The Kier molecular flexibility index (Phi) is 4.70. The van der Waals surface area contributed by atoms with Crippen LogP contribution in [0.4, 0.5) is 26.3 Å². The van der Waals surface area contributed by atoms with E-state index in [9.17, 15) is 31.1 Å². The van der Waals surface area contributed by atoms with Crippen molar-refractivity contribution in [3.05, 3.63) is 47.0 Å². The first kappa shape index (κ1) is 17.1. The minimum Gasteiger partial charge on any atom is -0.481 e. The van der Waals surface area contributed by atoms with Gasteiger partial charge in [-0.1, -0.05) is 6.08 Å². The first-order chi connectivity index (χ1) is 9.46. The number of carboxylic acids is 1. The number of hydrogen-bond donors (Lipinski definition) is 1. The number of carbonyl (C=O) groups is 1. The van der Waals surface area contributed by atoms with Gasteiger partial charge in [0.1, 0.15) is 0 Å². The quantitative estimate of drug-likeness (QED) is 0.672. The normalized spacial score (nSPS) is 12.3. The van der Waals surface area contributed by atoms with Crippen molar-refractivity contribution in [1.29, 1.82) is 0 Å². The van der Waals surface area contributed by atoms with E-state index in [0.717, 1.165) is 6.08 Å². The van der Waals surface area contributed by atoms with Crippen LogP contribution in [0.1, 0.15) is 22.3 Å². The van der Waals surface area contributed by atoms with E-state index in [-0.39, 0.29) is 12.5 Å². The summed E-state index contributed by atoms with van der Waals surface area (Å²) in [7, 11) is 0. The van der Waals surface area contributed by atoms with E-state index in [2.05, 4.69) is 6.58 Å². The van der Waals surface area contributed by atoms with Gasteiger partial charge < -0.3 is 5.11 Å². The maximum atomic E-state index is 12.9. The Hall–Kier alpha value is -1.99. The highest BCUT2D eigenvalue weighted by Gasteiger charge is 2.39. The Balaban J connectivity index is 3.65. The molecular formula is C13H10F6O2. The van der Waals surface area contributed by atoms with Crippen LogP contribution >= 0.6 is 0 Å². The van der Waals surface area contributed by atoms with Crippen molar-refractivity contribution in [3.8, 4) is 0 Å². The molecule has 0 heterocycles. The van der Waals surface area contributed by atoms with Gasteiger partial charge in [0.05, 0.1) is 17.5 Å². The van der Waals surface area contributed by atoms with Crippen molar-refractivity contribution in [2.45, 2.75) is 25.2 Å². The smallest absolute Gasteiger partial charge is 0.416 e. The standard InChI is InChI=1S/C13H10F6O2/c1-2-3-9-7(5-11(20)21)4-8(12(14,15)16)6-10(9)13(17,18)19/h2,4,6H,1,3,5H2,(H,20,21). The number of halogens is 6. The first-order valence-electron chi connectivity index (χ1n) is 5.59. The van der Waals surface area contributed by atoms with Gasteiger partial charge in [-0.15, -0.1) is 6.58 Å². The summed E-state index contributed by atoms with van der Waals surface area (Å²) in [4.78, 5) is 10.7. The lowest BCUT2D eigenvalue weighted by Crippen LogP contribution is -2.17. The number of benzene rings is 1. The molecule has 1 N–H and O–H groups in total. The second kappa shape index (κ2) is 5.79. The highest BCUT2D eigenvalue weighted by Crippen LogP contribution is 2.39. The third-order valence-electron chi connectivity index (χ3n) is 2.67. The van der Waals surface area contributed by atoms with Crippen LogP contribution in [0.2, 0.25) is 0 Å². The Bertz CT molecular complexity index is 557. The molecule has 0 atom stereocenters. The molecule has 0 aromatic heterocycles. The molecule has 0 unspecified atom stereocenters. The largest absolute Gasteiger partial charge is 0.481 e. The van der Waals surface area contributed by atoms with Crippen molar-refractivity contribution in [2.24, 2.45) is 0 Å². The highest BCUT2D eigenvalue weighted by atomic mass is 19.4. The van der Waals surface area contributed by atoms with Crippen LogP contribution in [0.5, 0.6) is 0 Å². The van der Waals surface area contributed by atoms with Crippen LogP contribution in [0.25, 0.3) is 0 Å². The lowest BCUT2D eigenvalue weighted by Gasteiger charge is -2.18. The van der Waals surface area contributed by atoms with Gasteiger partial charge in [0.2, 0.25) is 0 Å². The predicted octanol–water partition coefficient (Wildman–Crippen LogP) is 4.08. The molecule has 0 radical (unpaired) electrons. The number of aliphatic carboxylic acids is 1. The van der Waals surface area contributed by atoms with Gasteiger partial charge in [-0.25, -0.2) is 0 Å². The van der Waals surface area contributed by atoms with E-state index in [4.69, 9.17) is 5.11 Å². The summed E-state index contributed by atoms with van der Waals surface area (Å²) in [5.74, 6) is -1.52. The number of carboxylic acid groups (broad SMARTS) is 1. The molecule has 0 saturated heterocycles.